The van der Waals surface area contributed by atoms with Crippen LogP contribution in [0.25, 0.3) is 0 Å². The molecular weight excluding hydrogens is 254 g/mol. The van der Waals surface area contributed by atoms with Crippen LogP contribution >= 0.6 is 0 Å². The van der Waals surface area contributed by atoms with Crippen LogP contribution in [0.4, 0.5) is 14.5 Å². The van der Waals surface area contributed by atoms with Crippen LogP contribution < -0.4 is 5.32 Å². The van der Waals surface area contributed by atoms with Gasteiger partial charge in [0.1, 0.15) is 11.6 Å². The number of nitrogens with one attached hydrogen (secondary N) is 1. The van der Waals surface area contributed by atoms with E-state index in [9.17, 15) is 13.6 Å². The van der Waals surface area contributed by atoms with Crippen molar-refractivity contribution in [1.29, 1.82) is 0 Å². The number of halogens is 2. The van der Waals surface area contributed by atoms with Gasteiger partial charge < -0.3 is 10.4 Å². The third kappa shape index (κ3) is 3.48. The second kappa shape index (κ2) is 6.08. The van der Waals surface area contributed by atoms with Crippen LogP contribution in [0.2, 0.25) is 0 Å². The molecule has 0 aliphatic carbocycles. The minimum Gasteiger partial charge on any atom is -0.395 e. The second-order valence-corrected chi connectivity index (χ2v) is 4.62. The highest BCUT2D eigenvalue weighted by Crippen LogP contribution is 2.18. The Labute approximate surface area is 110 Å². The number of aliphatic hydroxyl groups excluding tert-OH is 1. The lowest BCUT2D eigenvalue weighted by Crippen LogP contribution is -2.38. The molecular formula is C13H16F2N2O2. The van der Waals surface area contributed by atoms with E-state index in [1.165, 1.54) is 0 Å². The van der Waals surface area contributed by atoms with E-state index in [2.05, 4.69) is 5.32 Å². The predicted octanol–water partition coefficient (Wildman–Crippen LogP) is 1.36. The number of amides is 1. The Balaban J connectivity index is 1.95. The van der Waals surface area contributed by atoms with E-state index in [1.54, 1.807) is 0 Å². The zero-order chi connectivity index (χ0) is 13.8. The van der Waals surface area contributed by atoms with Crippen molar-refractivity contribution in [2.24, 2.45) is 0 Å². The van der Waals surface area contributed by atoms with Crippen LogP contribution in [-0.4, -0.2) is 41.7 Å². The number of anilines is 1. The fraction of sp³-hybridized carbons (Fsp3) is 0.462. The number of likely N-dealkylation sites (tertiary alicyclic amines) is 1. The van der Waals surface area contributed by atoms with E-state index in [4.69, 9.17) is 5.11 Å². The first-order valence-corrected chi connectivity index (χ1v) is 6.20. The van der Waals surface area contributed by atoms with Gasteiger partial charge in [0, 0.05) is 12.1 Å². The van der Waals surface area contributed by atoms with Crippen LogP contribution in [0.15, 0.2) is 18.2 Å². The summed E-state index contributed by atoms with van der Waals surface area (Å²) >= 11 is 0. The summed E-state index contributed by atoms with van der Waals surface area (Å²) in [5.74, 6) is -1.69. The average Bonchev–Trinajstić information content (AvgIpc) is 2.81. The molecule has 0 aromatic heterocycles. The fourth-order valence-electron chi connectivity index (χ4n) is 2.28. The Morgan fingerprint density at radius 1 is 1.47 bits per heavy atom. The molecule has 1 aliphatic heterocycles. The maximum absolute atomic E-state index is 13.4. The van der Waals surface area contributed by atoms with Gasteiger partial charge in [-0.3, -0.25) is 9.69 Å². The van der Waals surface area contributed by atoms with Crippen molar-refractivity contribution >= 4 is 11.6 Å². The molecule has 2 rings (SSSR count). The van der Waals surface area contributed by atoms with Crippen molar-refractivity contribution < 1.29 is 18.7 Å². The Kier molecular flexibility index (Phi) is 4.44. The first-order chi connectivity index (χ1) is 9.10. The topological polar surface area (TPSA) is 52.6 Å². The Hall–Kier alpha value is -1.53. The standard InChI is InChI=1S/C13H16F2N2O2/c14-9-3-4-11(15)12(6-9)16-13(19)7-17-5-1-2-10(17)8-18/h3-4,6,10,18H,1-2,5,7-8H2,(H,16,19)/t10-/m0/s1. The molecule has 1 fully saturated rings. The third-order valence-electron chi connectivity index (χ3n) is 3.26. The number of hydrogen-bond donors (Lipinski definition) is 2. The van der Waals surface area contributed by atoms with Gasteiger partial charge in [-0.05, 0) is 31.5 Å². The zero-order valence-corrected chi connectivity index (χ0v) is 10.4. The first kappa shape index (κ1) is 13.9. The number of hydrogen-bond acceptors (Lipinski definition) is 3. The molecule has 1 saturated heterocycles. The monoisotopic (exact) mass is 270 g/mol. The Morgan fingerprint density at radius 3 is 3.00 bits per heavy atom. The zero-order valence-electron chi connectivity index (χ0n) is 10.4. The van der Waals surface area contributed by atoms with E-state index in [0.29, 0.717) is 0 Å². The highest BCUT2D eigenvalue weighted by atomic mass is 19.1. The third-order valence-corrected chi connectivity index (χ3v) is 3.26. The summed E-state index contributed by atoms with van der Waals surface area (Å²) in [5.41, 5.74) is -0.162. The molecule has 1 atom stereocenters. The molecule has 2 N–H and O–H groups in total. The number of benzene rings is 1. The van der Waals surface area contributed by atoms with Crippen LogP contribution in [0, 0.1) is 11.6 Å². The van der Waals surface area contributed by atoms with Gasteiger partial charge in [0.2, 0.25) is 5.91 Å². The molecule has 1 aromatic carbocycles. The summed E-state index contributed by atoms with van der Waals surface area (Å²) in [4.78, 5) is 13.6. The Bertz CT molecular complexity index is 468. The molecule has 0 saturated carbocycles. The number of nitrogens with zero attached hydrogens (tertiary/aromatic N) is 1. The van der Waals surface area contributed by atoms with Gasteiger partial charge in [-0.2, -0.15) is 0 Å². The van der Waals surface area contributed by atoms with Crippen molar-refractivity contribution in [2.45, 2.75) is 18.9 Å². The molecule has 104 valence electrons. The molecule has 0 unspecified atom stereocenters. The summed E-state index contributed by atoms with van der Waals surface area (Å²) in [6.07, 6.45) is 1.77. The van der Waals surface area contributed by atoms with Crippen LogP contribution in [0.3, 0.4) is 0 Å². The average molecular weight is 270 g/mol. The lowest BCUT2D eigenvalue weighted by atomic mass is 10.2. The summed E-state index contributed by atoms with van der Waals surface area (Å²) in [6.45, 7) is 0.799. The van der Waals surface area contributed by atoms with Crippen molar-refractivity contribution in [3.63, 3.8) is 0 Å². The highest BCUT2D eigenvalue weighted by molar-refractivity contribution is 5.92. The lowest BCUT2D eigenvalue weighted by Gasteiger charge is -2.21. The smallest absolute Gasteiger partial charge is 0.238 e. The minimum atomic E-state index is -0.671. The van der Waals surface area contributed by atoms with Crippen LogP contribution in [0.1, 0.15) is 12.8 Å². The molecule has 0 spiro atoms. The summed E-state index contributed by atoms with van der Waals surface area (Å²) in [6, 6.07) is 2.88. The van der Waals surface area contributed by atoms with E-state index in [1.807, 2.05) is 4.90 Å². The number of aliphatic hydroxyl groups is 1. The van der Waals surface area contributed by atoms with E-state index in [-0.39, 0.29) is 24.9 Å². The molecule has 4 nitrogen and oxygen atoms in total. The number of rotatable bonds is 4. The van der Waals surface area contributed by atoms with Crippen molar-refractivity contribution in [3.05, 3.63) is 29.8 Å². The molecule has 0 radical (unpaired) electrons. The quantitative estimate of drug-likeness (QED) is 0.868. The summed E-state index contributed by atoms with van der Waals surface area (Å²) in [7, 11) is 0. The first-order valence-electron chi connectivity index (χ1n) is 6.20. The van der Waals surface area contributed by atoms with Crippen LogP contribution in [0.5, 0.6) is 0 Å². The molecule has 1 aromatic rings. The SMILES string of the molecule is O=C(CN1CCC[C@H]1CO)Nc1cc(F)ccc1F. The largest absolute Gasteiger partial charge is 0.395 e. The van der Waals surface area contributed by atoms with Gasteiger partial charge in [0.15, 0.2) is 0 Å². The van der Waals surface area contributed by atoms with E-state index >= 15 is 0 Å². The molecule has 0 bridgehead atoms. The van der Waals surface area contributed by atoms with Gasteiger partial charge in [0.05, 0.1) is 18.8 Å². The lowest BCUT2D eigenvalue weighted by molar-refractivity contribution is -0.117. The Morgan fingerprint density at radius 2 is 2.26 bits per heavy atom. The normalized spacial score (nSPS) is 19.6. The number of carbonyl (C=O) groups excluding carboxylic acids is 1. The van der Waals surface area contributed by atoms with Gasteiger partial charge in [-0.15, -0.1) is 0 Å². The maximum Gasteiger partial charge on any atom is 0.238 e. The van der Waals surface area contributed by atoms with E-state index < -0.39 is 17.5 Å². The van der Waals surface area contributed by atoms with Gasteiger partial charge in [0.25, 0.3) is 0 Å². The molecule has 6 heteroatoms. The van der Waals surface area contributed by atoms with Crippen LogP contribution in [-0.2, 0) is 4.79 Å². The molecule has 19 heavy (non-hydrogen) atoms. The molecule has 1 heterocycles. The predicted molar refractivity (Wildman–Crippen MR) is 66.7 cm³/mol. The second-order valence-electron chi connectivity index (χ2n) is 4.62. The fourth-order valence-corrected chi connectivity index (χ4v) is 2.28. The van der Waals surface area contributed by atoms with Gasteiger partial charge in [-0.1, -0.05) is 0 Å². The maximum atomic E-state index is 13.4. The highest BCUT2D eigenvalue weighted by Gasteiger charge is 2.25. The van der Waals surface area contributed by atoms with Crippen molar-refractivity contribution in [2.75, 3.05) is 25.0 Å². The molecule has 1 aliphatic rings. The van der Waals surface area contributed by atoms with Gasteiger partial charge >= 0.3 is 0 Å². The van der Waals surface area contributed by atoms with Crippen molar-refractivity contribution in [1.82, 2.24) is 4.90 Å². The van der Waals surface area contributed by atoms with E-state index in [0.717, 1.165) is 37.6 Å². The minimum absolute atomic E-state index is 0.00159. The van der Waals surface area contributed by atoms with Gasteiger partial charge in [-0.25, -0.2) is 8.78 Å². The summed E-state index contributed by atoms with van der Waals surface area (Å²) in [5, 5.41) is 11.5. The number of carbonyl (C=O) groups is 1. The molecule has 1 amide bonds. The van der Waals surface area contributed by atoms with Crippen molar-refractivity contribution in [3.8, 4) is 0 Å². The summed E-state index contributed by atoms with van der Waals surface area (Å²) < 4.78 is 26.3.